The third kappa shape index (κ3) is 4.41. The Morgan fingerprint density at radius 1 is 1.27 bits per heavy atom. The zero-order valence-corrected chi connectivity index (χ0v) is 14.6. The van der Waals surface area contributed by atoms with Gasteiger partial charge in [0.05, 0.1) is 4.90 Å². The highest BCUT2D eigenvalue weighted by molar-refractivity contribution is 7.89. The van der Waals surface area contributed by atoms with Gasteiger partial charge < -0.3 is 5.32 Å². The van der Waals surface area contributed by atoms with Crippen molar-refractivity contribution >= 4 is 22.4 Å². The number of nitrogens with zero attached hydrogens (tertiary/aromatic N) is 1. The van der Waals surface area contributed by atoms with E-state index in [-0.39, 0.29) is 23.3 Å². The van der Waals surface area contributed by atoms with Crippen molar-refractivity contribution in [2.75, 3.05) is 19.6 Å². The molecule has 1 aromatic carbocycles. The monoisotopic (exact) mass is 350 g/mol. The maximum Gasteiger partial charge on any atom is 0.243 e. The van der Waals surface area contributed by atoms with Crippen molar-refractivity contribution in [3.63, 3.8) is 0 Å². The number of halogens is 2. The van der Waals surface area contributed by atoms with Crippen molar-refractivity contribution in [3.8, 4) is 0 Å². The number of aryl methyl sites for hydroxylation is 1. The Morgan fingerprint density at radius 3 is 2.45 bits per heavy atom. The summed E-state index contributed by atoms with van der Waals surface area (Å²) in [4.78, 5) is 0.0620. The molecular weight excluding hydrogens is 327 g/mol. The maximum absolute atomic E-state index is 13.6. The third-order valence-corrected chi connectivity index (χ3v) is 5.71. The SMILES string of the molecule is CCCN(C1CCNCC1)S(=O)(=O)c1cc(C)cc(F)c1.Cl. The maximum atomic E-state index is 13.6. The van der Waals surface area contributed by atoms with Crippen molar-refractivity contribution in [2.24, 2.45) is 0 Å². The smallest absolute Gasteiger partial charge is 0.243 e. The summed E-state index contributed by atoms with van der Waals surface area (Å²) in [5.74, 6) is -0.504. The van der Waals surface area contributed by atoms with Crippen LogP contribution in [0.5, 0.6) is 0 Å². The van der Waals surface area contributed by atoms with Crippen LogP contribution in [0.3, 0.4) is 0 Å². The van der Waals surface area contributed by atoms with Gasteiger partial charge in [0.15, 0.2) is 0 Å². The van der Waals surface area contributed by atoms with Gasteiger partial charge in [0.25, 0.3) is 0 Å². The van der Waals surface area contributed by atoms with Gasteiger partial charge in [-0.25, -0.2) is 12.8 Å². The van der Waals surface area contributed by atoms with Gasteiger partial charge in [0.2, 0.25) is 10.0 Å². The summed E-state index contributed by atoms with van der Waals surface area (Å²) >= 11 is 0. The number of sulfonamides is 1. The first-order chi connectivity index (χ1) is 9.95. The molecule has 22 heavy (non-hydrogen) atoms. The van der Waals surface area contributed by atoms with E-state index in [1.54, 1.807) is 17.3 Å². The fourth-order valence-corrected chi connectivity index (χ4v) is 4.69. The van der Waals surface area contributed by atoms with E-state index in [0.717, 1.165) is 38.4 Å². The van der Waals surface area contributed by atoms with E-state index in [1.807, 2.05) is 6.92 Å². The fraction of sp³-hybridized carbons (Fsp3) is 0.600. The molecule has 0 aromatic heterocycles. The fourth-order valence-electron chi connectivity index (χ4n) is 2.80. The predicted molar refractivity (Wildman–Crippen MR) is 88.5 cm³/mol. The zero-order valence-electron chi connectivity index (χ0n) is 13.0. The summed E-state index contributed by atoms with van der Waals surface area (Å²) in [6, 6.07) is 4.00. The molecule has 0 amide bonds. The Kier molecular flexibility index (Phi) is 7.25. The minimum absolute atomic E-state index is 0. The van der Waals surface area contributed by atoms with Gasteiger partial charge in [-0.15, -0.1) is 12.4 Å². The molecule has 0 spiro atoms. The van der Waals surface area contributed by atoms with E-state index >= 15 is 0 Å². The first kappa shape index (κ1) is 19.4. The molecule has 1 aliphatic rings. The van der Waals surface area contributed by atoms with E-state index in [2.05, 4.69) is 5.32 Å². The van der Waals surface area contributed by atoms with Crippen LogP contribution < -0.4 is 5.32 Å². The van der Waals surface area contributed by atoms with Crippen LogP contribution in [0.2, 0.25) is 0 Å². The number of hydrogen-bond donors (Lipinski definition) is 1. The number of nitrogens with one attached hydrogen (secondary N) is 1. The molecule has 0 radical (unpaired) electrons. The van der Waals surface area contributed by atoms with Gasteiger partial charge in [-0.1, -0.05) is 6.92 Å². The molecule has 7 heteroatoms. The van der Waals surface area contributed by atoms with E-state index in [0.29, 0.717) is 12.1 Å². The molecule has 1 aliphatic heterocycles. The van der Waals surface area contributed by atoms with Crippen LogP contribution in [-0.2, 0) is 10.0 Å². The topological polar surface area (TPSA) is 49.4 Å². The first-order valence-corrected chi connectivity index (χ1v) is 8.89. The van der Waals surface area contributed by atoms with Crippen molar-refractivity contribution in [1.29, 1.82) is 0 Å². The average molecular weight is 351 g/mol. The Hall–Kier alpha value is -0.690. The second-order valence-corrected chi connectivity index (χ2v) is 7.45. The molecule has 126 valence electrons. The van der Waals surface area contributed by atoms with Gasteiger partial charge >= 0.3 is 0 Å². The summed E-state index contributed by atoms with van der Waals surface area (Å²) in [7, 11) is -3.64. The van der Waals surface area contributed by atoms with Crippen LogP contribution >= 0.6 is 12.4 Å². The second kappa shape index (κ2) is 8.24. The number of rotatable bonds is 5. The van der Waals surface area contributed by atoms with E-state index in [9.17, 15) is 12.8 Å². The van der Waals surface area contributed by atoms with Crippen LogP contribution in [0.1, 0.15) is 31.7 Å². The lowest BCUT2D eigenvalue weighted by Crippen LogP contribution is -2.46. The molecule has 1 N–H and O–H groups in total. The van der Waals surface area contributed by atoms with Gasteiger partial charge in [-0.2, -0.15) is 4.31 Å². The van der Waals surface area contributed by atoms with Crippen LogP contribution in [-0.4, -0.2) is 38.4 Å². The van der Waals surface area contributed by atoms with Gasteiger partial charge in [-0.3, -0.25) is 0 Å². The normalized spacial score (nSPS) is 16.5. The van der Waals surface area contributed by atoms with Crippen LogP contribution in [0.4, 0.5) is 4.39 Å². The Balaban J connectivity index is 0.00000242. The summed E-state index contributed by atoms with van der Waals surface area (Å²) in [5, 5.41) is 3.24. The van der Waals surface area contributed by atoms with Gasteiger partial charge in [0.1, 0.15) is 5.82 Å². The van der Waals surface area contributed by atoms with Crippen LogP contribution in [0, 0.1) is 12.7 Å². The van der Waals surface area contributed by atoms with Gasteiger partial charge in [-0.05, 0) is 63.0 Å². The summed E-state index contributed by atoms with van der Waals surface area (Å²) in [6.45, 7) is 5.78. The number of piperidine rings is 1. The Bertz CT molecular complexity index is 569. The predicted octanol–water partition coefficient (Wildman–Crippen LogP) is 2.71. The molecule has 0 bridgehead atoms. The van der Waals surface area contributed by atoms with Crippen molar-refractivity contribution in [2.45, 2.75) is 44.0 Å². The van der Waals surface area contributed by atoms with Gasteiger partial charge in [0, 0.05) is 12.6 Å². The number of benzene rings is 1. The zero-order chi connectivity index (χ0) is 15.5. The lowest BCUT2D eigenvalue weighted by Gasteiger charge is -2.33. The highest BCUT2D eigenvalue weighted by atomic mass is 35.5. The Labute approximate surface area is 138 Å². The lowest BCUT2D eigenvalue weighted by molar-refractivity contribution is 0.262. The van der Waals surface area contributed by atoms with Crippen LogP contribution in [0.25, 0.3) is 0 Å². The second-order valence-electron chi connectivity index (χ2n) is 5.56. The molecule has 0 aliphatic carbocycles. The standard InChI is InChI=1S/C15H23FN2O2S.ClH/c1-3-8-18(14-4-6-17-7-5-14)21(19,20)15-10-12(2)9-13(16)11-15;/h9-11,14,17H,3-8H2,1-2H3;1H. The van der Waals surface area contributed by atoms with Crippen molar-refractivity contribution in [1.82, 2.24) is 9.62 Å². The molecule has 2 rings (SSSR count). The summed E-state index contributed by atoms with van der Waals surface area (Å²) < 4.78 is 40.8. The summed E-state index contributed by atoms with van der Waals surface area (Å²) in [5.41, 5.74) is 0.621. The largest absolute Gasteiger partial charge is 0.317 e. The molecule has 1 heterocycles. The molecule has 0 saturated carbocycles. The molecule has 1 saturated heterocycles. The third-order valence-electron chi connectivity index (χ3n) is 3.78. The molecule has 0 atom stereocenters. The molecule has 1 aromatic rings. The lowest BCUT2D eigenvalue weighted by atomic mass is 10.1. The minimum atomic E-state index is -3.64. The molecule has 4 nitrogen and oxygen atoms in total. The van der Waals surface area contributed by atoms with Crippen LogP contribution in [0.15, 0.2) is 23.1 Å². The van der Waals surface area contributed by atoms with E-state index in [4.69, 9.17) is 0 Å². The van der Waals surface area contributed by atoms with Crippen molar-refractivity contribution in [3.05, 3.63) is 29.6 Å². The molecule has 0 unspecified atom stereocenters. The summed E-state index contributed by atoms with van der Waals surface area (Å²) in [6.07, 6.45) is 2.35. The van der Waals surface area contributed by atoms with E-state index in [1.165, 1.54) is 6.07 Å². The van der Waals surface area contributed by atoms with Crippen molar-refractivity contribution < 1.29 is 12.8 Å². The molecule has 1 fully saturated rings. The molecular formula is C15H24ClFN2O2S. The Morgan fingerprint density at radius 2 is 1.91 bits per heavy atom. The minimum Gasteiger partial charge on any atom is -0.317 e. The quantitative estimate of drug-likeness (QED) is 0.888. The number of hydrogen-bond acceptors (Lipinski definition) is 3. The highest BCUT2D eigenvalue weighted by Gasteiger charge is 2.31. The first-order valence-electron chi connectivity index (χ1n) is 7.45. The highest BCUT2D eigenvalue weighted by Crippen LogP contribution is 2.24. The van der Waals surface area contributed by atoms with E-state index < -0.39 is 15.8 Å². The average Bonchev–Trinajstić information content (AvgIpc) is 2.44.